The zero-order valence-corrected chi connectivity index (χ0v) is 12.0. The zero-order chi connectivity index (χ0) is 12.2. The topological polar surface area (TPSA) is 138 Å². The van der Waals surface area contributed by atoms with Crippen molar-refractivity contribution < 1.29 is 47.8 Å². The second-order valence-electron chi connectivity index (χ2n) is 5.11. The van der Waals surface area contributed by atoms with Gasteiger partial charge in [0.1, 0.15) is 0 Å². The Morgan fingerprint density at radius 1 is 0.706 bits per heavy atom. The first-order valence-electron chi connectivity index (χ1n) is 4.36. The summed E-state index contributed by atoms with van der Waals surface area (Å²) in [5.41, 5.74) is -1.17. The number of carboxylic acid groups (broad SMARTS) is 2. The molecule has 0 aliphatic carbocycles. The van der Waals surface area contributed by atoms with E-state index < -0.39 is 22.8 Å². The van der Waals surface area contributed by atoms with E-state index in [0.717, 1.165) is 0 Å². The molecule has 0 aliphatic rings. The van der Waals surface area contributed by atoms with Gasteiger partial charge in [-0.2, -0.15) is 0 Å². The van der Waals surface area contributed by atoms with Crippen LogP contribution >= 0.6 is 0 Å². The third kappa shape index (κ3) is 21.3. The fourth-order valence-electron chi connectivity index (χ4n) is 0. The van der Waals surface area contributed by atoms with Crippen LogP contribution in [0.2, 0.25) is 0 Å². The molecule has 0 bridgehead atoms. The van der Waals surface area contributed by atoms with Crippen LogP contribution in [0.25, 0.3) is 0 Å². The van der Waals surface area contributed by atoms with Crippen molar-refractivity contribution in [3.8, 4) is 0 Å². The van der Waals surface area contributed by atoms with Gasteiger partial charge in [-0.05, 0) is 41.5 Å². The summed E-state index contributed by atoms with van der Waals surface area (Å²) in [7, 11) is 0. The minimum absolute atomic E-state index is 0. The molecule has 6 N–H and O–H groups in total. The van der Waals surface area contributed by atoms with E-state index in [1.807, 2.05) is 0 Å². The Labute approximate surface area is 112 Å². The molecule has 0 aliphatic heterocycles. The second-order valence-corrected chi connectivity index (χ2v) is 5.11. The van der Waals surface area contributed by atoms with Crippen molar-refractivity contribution in [3.05, 3.63) is 0 Å². The van der Waals surface area contributed by atoms with Crippen LogP contribution < -0.4 is 0 Å². The SMILES string of the molecule is CC(C)(C)C(=O)O.CC(C)(C)C(=O)O.O.O.[Cu]. The minimum Gasteiger partial charge on any atom is -0.481 e. The molecule has 1 radical (unpaired) electrons. The molecule has 0 saturated heterocycles. The van der Waals surface area contributed by atoms with Gasteiger partial charge in [0, 0.05) is 17.1 Å². The van der Waals surface area contributed by atoms with E-state index in [0.29, 0.717) is 0 Å². The molecule has 0 rings (SSSR count). The Balaban J connectivity index is -0.0000000480. The van der Waals surface area contributed by atoms with Gasteiger partial charge in [-0.1, -0.05) is 0 Å². The maximum absolute atomic E-state index is 10.0. The predicted molar refractivity (Wildman–Crippen MR) is 61.4 cm³/mol. The summed E-state index contributed by atoms with van der Waals surface area (Å²) < 4.78 is 0. The van der Waals surface area contributed by atoms with Crippen molar-refractivity contribution in [1.29, 1.82) is 0 Å². The minimum atomic E-state index is -0.757. The average Bonchev–Trinajstić information content (AvgIpc) is 1.83. The molecule has 0 saturated carbocycles. The molecular weight excluding hydrogens is 280 g/mol. The number of hydrogen-bond donors (Lipinski definition) is 2. The van der Waals surface area contributed by atoms with Crippen LogP contribution in [0.5, 0.6) is 0 Å². The fourth-order valence-corrected chi connectivity index (χ4v) is 0. The fraction of sp³-hybridized carbons (Fsp3) is 0.800. The van der Waals surface area contributed by atoms with E-state index in [4.69, 9.17) is 10.2 Å². The third-order valence-corrected chi connectivity index (χ3v) is 1.28. The van der Waals surface area contributed by atoms with E-state index >= 15 is 0 Å². The van der Waals surface area contributed by atoms with E-state index in [-0.39, 0.29) is 28.0 Å². The van der Waals surface area contributed by atoms with Gasteiger partial charge in [0.05, 0.1) is 10.8 Å². The maximum atomic E-state index is 10.0. The Bertz CT molecular complexity index is 190. The summed E-state index contributed by atoms with van der Waals surface area (Å²) in [6.45, 7) is 9.97. The summed E-state index contributed by atoms with van der Waals surface area (Å²) in [5.74, 6) is -1.51. The molecular formula is C10H24CuO6. The first-order chi connectivity index (χ1) is 5.89. The van der Waals surface area contributed by atoms with Crippen molar-refractivity contribution in [1.82, 2.24) is 0 Å². The number of carboxylic acids is 2. The van der Waals surface area contributed by atoms with Crippen LogP contribution in [0, 0.1) is 10.8 Å². The maximum Gasteiger partial charge on any atom is 0.308 e. The molecule has 111 valence electrons. The average molecular weight is 304 g/mol. The Hall–Kier alpha value is -0.621. The van der Waals surface area contributed by atoms with E-state index in [9.17, 15) is 9.59 Å². The Morgan fingerprint density at radius 3 is 0.765 bits per heavy atom. The van der Waals surface area contributed by atoms with Crippen LogP contribution in [0.3, 0.4) is 0 Å². The van der Waals surface area contributed by atoms with Crippen molar-refractivity contribution in [2.45, 2.75) is 41.5 Å². The Kier molecular flexibility index (Phi) is 18.5. The van der Waals surface area contributed by atoms with Gasteiger partial charge in [-0.3, -0.25) is 9.59 Å². The summed E-state index contributed by atoms with van der Waals surface area (Å²) in [6, 6.07) is 0. The third-order valence-electron chi connectivity index (χ3n) is 1.28. The van der Waals surface area contributed by atoms with Crippen LogP contribution in [0.1, 0.15) is 41.5 Å². The van der Waals surface area contributed by atoms with Gasteiger partial charge in [-0.25, -0.2) is 0 Å². The quantitative estimate of drug-likeness (QED) is 0.632. The normalized spacial score (nSPS) is 9.29. The number of carbonyl (C=O) groups is 2. The van der Waals surface area contributed by atoms with Gasteiger partial charge < -0.3 is 21.2 Å². The largest absolute Gasteiger partial charge is 0.481 e. The monoisotopic (exact) mass is 303 g/mol. The molecule has 0 aromatic rings. The van der Waals surface area contributed by atoms with Gasteiger partial charge in [0.2, 0.25) is 0 Å². The van der Waals surface area contributed by atoms with E-state index in [1.54, 1.807) is 41.5 Å². The first-order valence-corrected chi connectivity index (χ1v) is 4.36. The summed E-state index contributed by atoms with van der Waals surface area (Å²) in [4.78, 5) is 20.0. The van der Waals surface area contributed by atoms with Crippen LogP contribution in [-0.4, -0.2) is 33.1 Å². The van der Waals surface area contributed by atoms with Crippen molar-refractivity contribution >= 4 is 11.9 Å². The molecule has 0 aromatic heterocycles. The summed E-state index contributed by atoms with van der Waals surface area (Å²) in [5, 5.41) is 16.5. The van der Waals surface area contributed by atoms with Crippen molar-refractivity contribution in [2.75, 3.05) is 0 Å². The molecule has 6 nitrogen and oxygen atoms in total. The Morgan fingerprint density at radius 2 is 0.765 bits per heavy atom. The van der Waals surface area contributed by atoms with Gasteiger partial charge in [-0.15, -0.1) is 0 Å². The number of rotatable bonds is 0. The smallest absolute Gasteiger partial charge is 0.308 e. The molecule has 0 aromatic carbocycles. The molecule has 0 amide bonds. The van der Waals surface area contributed by atoms with Gasteiger partial charge >= 0.3 is 11.9 Å². The van der Waals surface area contributed by atoms with Crippen molar-refractivity contribution in [2.24, 2.45) is 10.8 Å². The molecule has 0 atom stereocenters. The molecule has 0 fully saturated rings. The standard InChI is InChI=1S/2C5H10O2.Cu.2H2O/c2*1-5(2,3)4(6)7;;;/h2*1-3H3,(H,6,7);;2*1H2. The molecule has 0 unspecified atom stereocenters. The molecule has 17 heavy (non-hydrogen) atoms. The summed E-state index contributed by atoms with van der Waals surface area (Å²) in [6.07, 6.45) is 0. The van der Waals surface area contributed by atoms with Crippen molar-refractivity contribution in [3.63, 3.8) is 0 Å². The molecule has 7 heteroatoms. The first kappa shape index (κ1) is 29.9. The van der Waals surface area contributed by atoms with Crippen LogP contribution in [0.4, 0.5) is 0 Å². The van der Waals surface area contributed by atoms with Gasteiger partial charge in [0.25, 0.3) is 0 Å². The van der Waals surface area contributed by atoms with Crippen LogP contribution in [-0.2, 0) is 26.7 Å². The van der Waals surface area contributed by atoms with E-state index in [2.05, 4.69) is 0 Å². The van der Waals surface area contributed by atoms with Gasteiger partial charge in [0.15, 0.2) is 0 Å². The molecule has 0 heterocycles. The zero-order valence-electron chi connectivity index (χ0n) is 11.0. The van der Waals surface area contributed by atoms with Crippen LogP contribution in [0.15, 0.2) is 0 Å². The number of aliphatic carboxylic acids is 2. The van der Waals surface area contributed by atoms with E-state index in [1.165, 1.54) is 0 Å². The predicted octanol–water partition coefficient (Wildman–Crippen LogP) is 0.582. The number of hydrogen-bond acceptors (Lipinski definition) is 2. The molecule has 0 spiro atoms. The second kappa shape index (κ2) is 10.5. The summed E-state index contributed by atoms with van der Waals surface area (Å²) >= 11 is 0.